The third-order valence-corrected chi connectivity index (χ3v) is 7.66. The normalized spacial score (nSPS) is 28.9. The van der Waals surface area contributed by atoms with E-state index in [0.717, 1.165) is 14.2 Å². The summed E-state index contributed by atoms with van der Waals surface area (Å²) >= 11 is 0. The van der Waals surface area contributed by atoms with Gasteiger partial charge in [0.1, 0.15) is 6.61 Å². The third-order valence-electron chi connectivity index (χ3n) is 7.66. The fourth-order valence-electron chi connectivity index (χ4n) is 6.38. The second-order valence-corrected chi connectivity index (χ2v) is 9.51. The summed E-state index contributed by atoms with van der Waals surface area (Å²) in [6, 6.07) is 0. The SMILES string of the molecule is C=C1CC(C(=O)OC)(C(=O)OC)[C@H]2O[C@H](COC(C)=O)[C@@H]3[C@@H](C(=C)CC3(C(=O)OCC)C(=O)OCC)[C@@H]12. The molecule has 0 aromatic carbocycles. The van der Waals surface area contributed by atoms with Gasteiger partial charge in [0.2, 0.25) is 0 Å². The van der Waals surface area contributed by atoms with E-state index >= 15 is 0 Å². The zero-order valence-corrected chi connectivity index (χ0v) is 21.8. The van der Waals surface area contributed by atoms with Crippen LogP contribution in [0, 0.1) is 28.6 Å². The lowest BCUT2D eigenvalue weighted by molar-refractivity contribution is -0.218. The van der Waals surface area contributed by atoms with Crippen LogP contribution in [-0.2, 0) is 52.4 Å². The van der Waals surface area contributed by atoms with Crippen molar-refractivity contribution >= 4 is 29.8 Å². The highest BCUT2D eigenvalue weighted by molar-refractivity contribution is 6.03. The molecule has 1 saturated heterocycles. The number of rotatable bonds is 8. The molecule has 0 N–H and O–H groups in total. The third kappa shape index (κ3) is 4.22. The van der Waals surface area contributed by atoms with Crippen molar-refractivity contribution in [2.75, 3.05) is 34.0 Å². The van der Waals surface area contributed by atoms with Gasteiger partial charge in [-0.05, 0) is 32.6 Å². The van der Waals surface area contributed by atoms with Gasteiger partial charge in [-0.3, -0.25) is 24.0 Å². The van der Waals surface area contributed by atoms with Crippen LogP contribution in [0.5, 0.6) is 0 Å². The second kappa shape index (κ2) is 10.6. The van der Waals surface area contributed by atoms with E-state index in [-0.39, 0.29) is 32.7 Å². The maximum absolute atomic E-state index is 13.5. The summed E-state index contributed by atoms with van der Waals surface area (Å²) in [7, 11) is 2.29. The van der Waals surface area contributed by atoms with Gasteiger partial charge < -0.3 is 28.4 Å². The molecule has 0 unspecified atom stereocenters. The van der Waals surface area contributed by atoms with E-state index in [1.54, 1.807) is 13.8 Å². The molecule has 3 aliphatic rings. The Morgan fingerprint density at radius 2 is 1.30 bits per heavy atom. The zero-order chi connectivity index (χ0) is 27.7. The molecule has 204 valence electrons. The van der Waals surface area contributed by atoms with E-state index in [2.05, 4.69) is 13.2 Å². The van der Waals surface area contributed by atoms with E-state index in [0.29, 0.717) is 11.1 Å². The quantitative estimate of drug-likeness (QED) is 0.198. The number of allylic oxidation sites excluding steroid dienone is 1. The van der Waals surface area contributed by atoms with Crippen LogP contribution in [0.25, 0.3) is 0 Å². The summed E-state index contributed by atoms with van der Waals surface area (Å²) in [6.45, 7) is 12.4. The van der Waals surface area contributed by atoms with Crippen molar-refractivity contribution in [3.63, 3.8) is 0 Å². The monoisotopic (exact) mass is 522 g/mol. The van der Waals surface area contributed by atoms with Gasteiger partial charge in [-0.15, -0.1) is 0 Å². The van der Waals surface area contributed by atoms with E-state index in [9.17, 15) is 24.0 Å². The second-order valence-electron chi connectivity index (χ2n) is 9.51. The topological polar surface area (TPSA) is 141 Å². The number of hydrogen-bond donors (Lipinski definition) is 0. The molecule has 1 heterocycles. The van der Waals surface area contributed by atoms with Crippen LogP contribution >= 0.6 is 0 Å². The Kier molecular flexibility index (Phi) is 8.16. The smallest absolute Gasteiger partial charge is 0.326 e. The summed E-state index contributed by atoms with van der Waals surface area (Å²) in [4.78, 5) is 64.9. The van der Waals surface area contributed by atoms with Crippen LogP contribution in [0.4, 0.5) is 0 Å². The first-order chi connectivity index (χ1) is 17.5. The Balaban J connectivity index is 2.24. The molecule has 1 aliphatic heterocycles. The predicted octanol–water partition coefficient (Wildman–Crippen LogP) is 1.53. The van der Waals surface area contributed by atoms with E-state index in [1.165, 1.54) is 6.92 Å². The highest BCUT2D eigenvalue weighted by atomic mass is 16.6. The van der Waals surface area contributed by atoms with Gasteiger partial charge >= 0.3 is 29.8 Å². The number of methoxy groups -OCH3 is 2. The first-order valence-electron chi connectivity index (χ1n) is 12.1. The molecule has 0 aromatic heterocycles. The molecule has 0 aromatic rings. The average Bonchev–Trinajstić information content (AvgIpc) is 3.34. The number of esters is 5. The first kappa shape index (κ1) is 28.4. The van der Waals surface area contributed by atoms with Gasteiger partial charge in [-0.1, -0.05) is 24.3 Å². The Bertz CT molecular complexity index is 978. The number of carbonyl (C=O) groups is 5. The standard InChI is InChI=1S/C26H34O11/c1-8-34-23(30)25(24(31)35-9-2)10-13(3)17-18-14(4)11-26(21(28)32-6,22(29)33-7)20(18)37-16(19(17)25)12-36-15(5)27/h16-20H,3-4,8-12H2,1-2,5-7H3/t16-,17+,18-,19-,20+/m1/s1. The molecule has 0 bridgehead atoms. The van der Waals surface area contributed by atoms with Gasteiger partial charge in [0.15, 0.2) is 10.8 Å². The van der Waals surface area contributed by atoms with Crippen LogP contribution in [-0.4, -0.2) is 76.1 Å². The van der Waals surface area contributed by atoms with Crippen LogP contribution in [0.1, 0.15) is 33.6 Å². The molecule has 11 heteroatoms. The zero-order valence-electron chi connectivity index (χ0n) is 21.8. The Hall–Kier alpha value is -3.21. The highest BCUT2D eigenvalue weighted by Crippen LogP contribution is 2.65. The lowest BCUT2D eigenvalue weighted by atomic mass is 9.65. The van der Waals surface area contributed by atoms with E-state index < -0.39 is 70.6 Å². The molecule has 3 rings (SSSR count). The van der Waals surface area contributed by atoms with E-state index in [4.69, 9.17) is 28.4 Å². The molecule has 0 amide bonds. The lowest BCUT2D eigenvalue weighted by Crippen LogP contribution is -2.60. The van der Waals surface area contributed by atoms with Crippen molar-refractivity contribution in [1.29, 1.82) is 0 Å². The number of carbonyl (C=O) groups excluding carboxylic acids is 5. The molecule has 37 heavy (non-hydrogen) atoms. The molecular weight excluding hydrogens is 488 g/mol. The highest BCUT2D eigenvalue weighted by Gasteiger charge is 2.74. The molecule has 3 fully saturated rings. The minimum atomic E-state index is -1.88. The van der Waals surface area contributed by atoms with Crippen molar-refractivity contribution < 1.29 is 52.4 Å². The maximum atomic E-state index is 13.5. The molecule has 5 atom stereocenters. The summed E-state index contributed by atoms with van der Waals surface area (Å²) in [6.07, 6.45) is -2.49. The number of hydrogen-bond acceptors (Lipinski definition) is 11. The summed E-state index contributed by atoms with van der Waals surface area (Å²) in [5.74, 6) is -6.29. The largest absolute Gasteiger partial charge is 0.468 e. The van der Waals surface area contributed by atoms with Gasteiger partial charge in [-0.25, -0.2) is 0 Å². The predicted molar refractivity (Wildman–Crippen MR) is 125 cm³/mol. The van der Waals surface area contributed by atoms with E-state index in [1.807, 2.05) is 0 Å². The van der Waals surface area contributed by atoms with Crippen molar-refractivity contribution in [1.82, 2.24) is 0 Å². The number of fused-ring (bicyclic) bond motifs is 3. The van der Waals surface area contributed by atoms with Gasteiger partial charge in [-0.2, -0.15) is 0 Å². The molecule has 2 saturated carbocycles. The van der Waals surface area contributed by atoms with Gasteiger partial charge in [0.25, 0.3) is 0 Å². The minimum absolute atomic E-state index is 0.00583. The Morgan fingerprint density at radius 3 is 1.76 bits per heavy atom. The minimum Gasteiger partial charge on any atom is -0.468 e. The molecule has 0 radical (unpaired) electrons. The van der Waals surface area contributed by atoms with Crippen molar-refractivity contribution in [3.05, 3.63) is 24.3 Å². The first-order valence-corrected chi connectivity index (χ1v) is 12.1. The molecular formula is C26H34O11. The van der Waals surface area contributed by atoms with Crippen LogP contribution < -0.4 is 0 Å². The van der Waals surface area contributed by atoms with Crippen LogP contribution in [0.15, 0.2) is 24.3 Å². The molecule has 0 spiro atoms. The maximum Gasteiger partial charge on any atom is 0.326 e. The van der Waals surface area contributed by atoms with Gasteiger partial charge in [0, 0.05) is 18.8 Å². The van der Waals surface area contributed by atoms with Crippen molar-refractivity contribution in [2.45, 2.75) is 45.8 Å². The van der Waals surface area contributed by atoms with Crippen molar-refractivity contribution in [3.8, 4) is 0 Å². The van der Waals surface area contributed by atoms with Crippen LogP contribution in [0.3, 0.4) is 0 Å². The molecule has 2 aliphatic carbocycles. The average molecular weight is 523 g/mol. The summed E-state index contributed by atoms with van der Waals surface area (Å²) in [5.41, 5.74) is -2.74. The van der Waals surface area contributed by atoms with Gasteiger partial charge in [0.05, 0.1) is 39.6 Å². The van der Waals surface area contributed by atoms with Crippen molar-refractivity contribution in [2.24, 2.45) is 28.6 Å². The number of ether oxygens (including phenoxy) is 6. The Morgan fingerprint density at radius 1 is 0.811 bits per heavy atom. The summed E-state index contributed by atoms with van der Waals surface area (Å²) in [5, 5.41) is 0. The van der Waals surface area contributed by atoms with Crippen LogP contribution in [0.2, 0.25) is 0 Å². The summed E-state index contributed by atoms with van der Waals surface area (Å²) < 4.78 is 32.3. The molecule has 11 nitrogen and oxygen atoms in total. The Labute approximate surface area is 215 Å². The fraction of sp³-hybridized carbons (Fsp3) is 0.654. The lowest BCUT2D eigenvalue weighted by Gasteiger charge is -2.48. The fourth-order valence-corrected chi connectivity index (χ4v) is 6.38.